The lowest BCUT2D eigenvalue weighted by Crippen LogP contribution is -2.12. The fraction of sp³-hybridized carbons (Fsp3) is 0. The molecule has 2 aromatic rings. The van der Waals surface area contributed by atoms with Crippen LogP contribution in [0.25, 0.3) is 10.6 Å². The molecule has 5 nitrogen and oxygen atoms in total. The SMILES string of the molecule is NC(=O)c1ccccc1-c1nc(=O)[nH]s1. The molecule has 0 aliphatic carbocycles. The van der Waals surface area contributed by atoms with E-state index in [1.807, 2.05) is 0 Å². The summed E-state index contributed by atoms with van der Waals surface area (Å²) >= 11 is 1.08. The lowest BCUT2D eigenvalue weighted by atomic mass is 10.1. The highest BCUT2D eigenvalue weighted by Crippen LogP contribution is 2.22. The van der Waals surface area contributed by atoms with Crippen LogP contribution in [0.15, 0.2) is 29.1 Å². The van der Waals surface area contributed by atoms with E-state index in [0.29, 0.717) is 16.1 Å². The number of aromatic amines is 1. The van der Waals surface area contributed by atoms with Gasteiger partial charge >= 0.3 is 5.69 Å². The van der Waals surface area contributed by atoms with Crippen LogP contribution in [0, 0.1) is 0 Å². The standard InChI is InChI=1S/C9H7N3O2S/c10-7(13)5-3-1-2-4-6(5)8-11-9(14)12-15-8/h1-4H,(H2,10,13)(H,12,14). The van der Waals surface area contributed by atoms with Crippen molar-refractivity contribution in [1.82, 2.24) is 9.36 Å². The van der Waals surface area contributed by atoms with Gasteiger partial charge in [0, 0.05) is 11.1 Å². The molecule has 1 aromatic heterocycles. The van der Waals surface area contributed by atoms with Crippen molar-refractivity contribution in [1.29, 1.82) is 0 Å². The summed E-state index contributed by atoms with van der Waals surface area (Å²) in [6, 6.07) is 6.77. The molecule has 1 aromatic carbocycles. The summed E-state index contributed by atoms with van der Waals surface area (Å²) in [4.78, 5) is 25.7. The molecule has 0 spiro atoms. The van der Waals surface area contributed by atoms with E-state index in [9.17, 15) is 9.59 Å². The number of nitrogens with one attached hydrogen (secondary N) is 1. The van der Waals surface area contributed by atoms with Gasteiger partial charge in [0.25, 0.3) is 0 Å². The summed E-state index contributed by atoms with van der Waals surface area (Å²) in [5, 5.41) is 0.467. The average molecular weight is 221 g/mol. The molecule has 0 saturated carbocycles. The zero-order chi connectivity index (χ0) is 10.8. The third-order valence-corrected chi connectivity index (χ3v) is 2.64. The van der Waals surface area contributed by atoms with E-state index in [2.05, 4.69) is 9.36 Å². The molecule has 0 fully saturated rings. The van der Waals surface area contributed by atoms with Gasteiger partial charge in [-0.05, 0) is 17.6 Å². The van der Waals surface area contributed by atoms with Gasteiger partial charge in [0.15, 0.2) is 0 Å². The predicted octanol–water partition coefficient (Wildman–Crippen LogP) is 0.597. The lowest BCUT2D eigenvalue weighted by Gasteiger charge is -2.01. The Morgan fingerprint density at radius 2 is 2.13 bits per heavy atom. The molecule has 0 saturated heterocycles. The molecule has 3 N–H and O–H groups in total. The number of nitrogens with two attached hydrogens (primary N) is 1. The Bertz CT molecular complexity index is 558. The highest BCUT2D eigenvalue weighted by molar-refractivity contribution is 7.09. The molecule has 1 heterocycles. The molecule has 6 heteroatoms. The molecule has 0 aliphatic rings. The number of nitrogens with zero attached hydrogens (tertiary/aromatic N) is 1. The summed E-state index contributed by atoms with van der Waals surface area (Å²) in [7, 11) is 0. The Morgan fingerprint density at radius 3 is 2.73 bits per heavy atom. The van der Waals surface area contributed by atoms with Crippen molar-refractivity contribution in [3.05, 3.63) is 40.3 Å². The monoisotopic (exact) mass is 221 g/mol. The number of amides is 1. The molecular formula is C9H7N3O2S. The molecule has 0 unspecified atom stereocenters. The third kappa shape index (κ3) is 1.79. The number of hydrogen-bond acceptors (Lipinski definition) is 4. The first-order valence-corrected chi connectivity index (χ1v) is 4.95. The van der Waals surface area contributed by atoms with Crippen LogP contribution in [0.3, 0.4) is 0 Å². The minimum absolute atomic E-state index is 0.361. The fourth-order valence-corrected chi connectivity index (χ4v) is 1.88. The molecule has 0 atom stereocenters. The molecule has 0 radical (unpaired) electrons. The number of carbonyl (C=O) groups excluding carboxylic acids is 1. The van der Waals surface area contributed by atoms with Crippen LogP contribution in [-0.2, 0) is 0 Å². The zero-order valence-corrected chi connectivity index (χ0v) is 8.38. The van der Waals surface area contributed by atoms with Crippen molar-refractivity contribution in [3.8, 4) is 10.6 Å². The second-order valence-corrected chi connectivity index (χ2v) is 3.63. The number of primary amides is 1. The van der Waals surface area contributed by atoms with Crippen LogP contribution in [0.1, 0.15) is 10.4 Å². The second-order valence-electron chi connectivity index (χ2n) is 2.84. The van der Waals surface area contributed by atoms with Crippen molar-refractivity contribution >= 4 is 17.4 Å². The van der Waals surface area contributed by atoms with Gasteiger partial charge in [0.2, 0.25) is 5.91 Å². The van der Waals surface area contributed by atoms with Gasteiger partial charge < -0.3 is 5.73 Å². The Labute approximate surface area is 88.7 Å². The van der Waals surface area contributed by atoms with E-state index in [1.165, 1.54) is 0 Å². The van der Waals surface area contributed by atoms with Gasteiger partial charge in [0.05, 0.1) is 0 Å². The minimum atomic E-state index is -0.534. The number of carbonyl (C=O) groups is 1. The molecule has 2 rings (SSSR count). The second kappa shape index (κ2) is 3.66. The van der Waals surface area contributed by atoms with Gasteiger partial charge in [-0.3, -0.25) is 9.17 Å². The highest BCUT2D eigenvalue weighted by Gasteiger charge is 2.11. The topological polar surface area (TPSA) is 88.8 Å². The fourth-order valence-electron chi connectivity index (χ4n) is 1.23. The van der Waals surface area contributed by atoms with Crippen molar-refractivity contribution in [2.24, 2.45) is 5.73 Å². The van der Waals surface area contributed by atoms with E-state index in [1.54, 1.807) is 24.3 Å². The summed E-state index contributed by atoms with van der Waals surface area (Å²) in [6.45, 7) is 0. The summed E-state index contributed by atoms with van der Waals surface area (Å²) in [6.07, 6.45) is 0. The van der Waals surface area contributed by atoms with Crippen LogP contribution in [0.2, 0.25) is 0 Å². The largest absolute Gasteiger partial charge is 0.366 e. The first kappa shape index (κ1) is 9.60. The van der Waals surface area contributed by atoms with Gasteiger partial charge in [-0.15, -0.1) is 0 Å². The normalized spacial score (nSPS) is 10.1. The van der Waals surface area contributed by atoms with Crippen molar-refractivity contribution in [2.75, 3.05) is 0 Å². The van der Waals surface area contributed by atoms with E-state index in [0.717, 1.165) is 11.5 Å². The maximum absolute atomic E-state index is 11.1. The lowest BCUT2D eigenvalue weighted by molar-refractivity contribution is 0.100. The number of H-pyrrole nitrogens is 1. The summed E-state index contributed by atoms with van der Waals surface area (Å²) < 4.78 is 2.46. The summed E-state index contributed by atoms with van der Waals surface area (Å²) in [5.74, 6) is -0.534. The molecule has 76 valence electrons. The Kier molecular flexibility index (Phi) is 2.34. The number of hydrogen-bond donors (Lipinski definition) is 2. The summed E-state index contributed by atoms with van der Waals surface area (Å²) in [5.41, 5.74) is 5.72. The van der Waals surface area contributed by atoms with Crippen LogP contribution in [0.5, 0.6) is 0 Å². The van der Waals surface area contributed by atoms with Gasteiger partial charge in [-0.2, -0.15) is 4.98 Å². The molecule has 0 aliphatic heterocycles. The van der Waals surface area contributed by atoms with E-state index in [-0.39, 0.29) is 0 Å². The first-order valence-electron chi connectivity index (χ1n) is 4.13. The van der Waals surface area contributed by atoms with Crippen LogP contribution in [0.4, 0.5) is 0 Å². The quantitative estimate of drug-likeness (QED) is 0.778. The predicted molar refractivity (Wildman–Crippen MR) is 56.7 cm³/mol. The van der Waals surface area contributed by atoms with Gasteiger partial charge in [-0.1, -0.05) is 18.2 Å². The zero-order valence-electron chi connectivity index (χ0n) is 7.56. The van der Waals surface area contributed by atoms with Crippen LogP contribution in [-0.4, -0.2) is 15.3 Å². The molecule has 1 amide bonds. The van der Waals surface area contributed by atoms with E-state index in [4.69, 9.17) is 5.73 Å². The Morgan fingerprint density at radius 1 is 1.40 bits per heavy atom. The smallest absolute Gasteiger partial charge is 0.355 e. The first-order chi connectivity index (χ1) is 7.18. The van der Waals surface area contributed by atoms with Crippen LogP contribution < -0.4 is 11.4 Å². The maximum Gasteiger partial charge on any atom is 0.355 e. The number of aromatic nitrogens is 2. The number of benzene rings is 1. The highest BCUT2D eigenvalue weighted by atomic mass is 32.1. The van der Waals surface area contributed by atoms with E-state index < -0.39 is 11.6 Å². The van der Waals surface area contributed by atoms with E-state index >= 15 is 0 Å². The molecule has 15 heavy (non-hydrogen) atoms. The Hall–Kier alpha value is -1.95. The molecule has 0 bridgehead atoms. The van der Waals surface area contributed by atoms with Crippen molar-refractivity contribution < 1.29 is 4.79 Å². The van der Waals surface area contributed by atoms with Crippen LogP contribution >= 0.6 is 11.5 Å². The third-order valence-electron chi connectivity index (χ3n) is 1.86. The minimum Gasteiger partial charge on any atom is -0.366 e. The Balaban J connectivity index is 2.62. The van der Waals surface area contributed by atoms with Crippen molar-refractivity contribution in [3.63, 3.8) is 0 Å². The van der Waals surface area contributed by atoms with Crippen molar-refractivity contribution in [2.45, 2.75) is 0 Å². The van der Waals surface area contributed by atoms with Gasteiger partial charge in [0.1, 0.15) is 5.01 Å². The average Bonchev–Trinajstić information content (AvgIpc) is 2.65. The number of rotatable bonds is 2. The molecular weight excluding hydrogens is 214 g/mol. The maximum atomic E-state index is 11.1. The van der Waals surface area contributed by atoms with Gasteiger partial charge in [-0.25, -0.2) is 4.79 Å².